The molecule has 1 aromatic heterocycles. The Morgan fingerprint density at radius 3 is 2.06 bits per heavy atom. The molecule has 1 aliphatic rings. The number of nitrogens with two attached hydrogens (primary N) is 1. The number of carboxylic acid groups (broad SMARTS) is 1. The lowest BCUT2D eigenvalue weighted by molar-refractivity contribution is -0.127. The van der Waals surface area contributed by atoms with Gasteiger partial charge in [0.1, 0.15) is 17.4 Å². The zero-order valence-corrected chi connectivity index (χ0v) is 33.2. The Bertz CT molecular complexity index is 2650. The molecule has 314 valence electrons. The van der Waals surface area contributed by atoms with E-state index in [0.29, 0.717) is 40.2 Å². The number of aromatic carboxylic acids is 1. The van der Waals surface area contributed by atoms with E-state index in [4.69, 9.17) is 20.8 Å². The van der Waals surface area contributed by atoms with E-state index in [1.54, 1.807) is 32.2 Å². The number of phenols is 1. The average Bonchev–Trinajstić information content (AvgIpc) is 3.74. The number of allylic oxidation sites excluding steroid dienone is 2. The second-order valence-corrected chi connectivity index (χ2v) is 14.1. The maximum Gasteiger partial charge on any atom is 0.335 e. The average molecular weight is 838 g/mol. The Hall–Kier alpha value is -8.59. The van der Waals surface area contributed by atoms with Crippen LogP contribution in [0.1, 0.15) is 79.4 Å². The molecular weight excluding hydrogens is 799 g/mol. The molecule has 0 radical (unpaired) electrons. The van der Waals surface area contributed by atoms with Crippen LogP contribution in [0.4, 0.5) is 11.4 Å². The zero-order valence-electron chi connectivity index (χ0n) is 33.2. The van der Waals surface area contributed by atoms with Gasteiger partial charge in [0.2, 0.25) is 11.8 Å². The monoisotopic (exact) mass is 837 g/mol. The second kappa shape index (κ2) is 19.0. The van der Waals surface area contributed by atoms with Crippen molar-refractivity contribution in [3.8, 4) is 23.3 Å². The number of nitrogens with zero attached hydrogens (tertiary/aromatic N) is 4. The largest absolute Gasteiger partial charge is 0.504 e. The molecule has 0 saturated heterocycles. The number of carboxylic acids is 1. The van der Waals surface area contributed by atoms with Gasteiger partial charge in [-0.1, -0.05) is 23.4 Å². The molecule has 0 bridgehead atoms. The van der Waals surface area contributed by atoms with Gasteiger partial charge < -0.3 is 42.0 Å². The van der Waals surface area contributed by atoms with Gasteiger partial charge >= 0.3 is 5.97 Å². The summed E-state index contributed by atoms with van der Waals surface area (Å²) in [5.41, 5.74) is 8.35. The van der Waals surface area contributed by atoms with Gasteiger partial charge in [0, 0.05) is 22.5 Å². The summed E-state index contributed by atoms with van der Waals surface area (Å²) in [5, 5.41) is 48.5. The molecule has 0 aliphatic heterocycles. The maximum atomic E-state index is 13.3. The number of aromatic nitrogens is 3. The number of carbonyl (C=O) groups excluding carboxylic acids is 5. The number of ether oxygens (including phenoxy) is 1. The molecule has 0 fully saturated rings. The maximum absolute atomic E-state index is 13.3. The molecule has 1 aliphatic carbocycles. The number of hydrogen-bond acceptors (Lipinski definition) is 11. The molecule has 5 amide bonds. The Labute approximate surface area is 353 Å². The van der Waals surface area contributed by atoms with Crippen LogP contribution in [-0.2, 0) is 9.59 Å². The van der Waals surface area contributed by atoms with E-state index in [1.807, 2.05) is 12.1 Å². The van der Waals surface area contributed by atoms with E-state index >= 15 is 0 Å². The van der Waals surface area contributed by atoms with Gasteiger partial charge in [0.25, 0.3) is 17.7 Å². The van der Waals surface area contributed by atoms with E-state index in [0.717, 1.165) is 0 Å². The Kier molecular flexibility index (Phi) is 13.2. The summed E-state index contributed by atoms with van der Waals surface area (Å²) in [4.78, 5) is 75.3. The van der Waals surface area contributed by atoms with Crippen molar-refractivity contribution in [2.24, 2.45) is 5.73 Å². The number of nitrogens with one attached hydrogen (secondary N) is 4. The molecule has 8 N–H and O–H groups in total. The molecule has 18 nitrogen and oxygen atoms in total. The van der Waals surface area contributed by atoms with Crippen LogP contribution in [0.15, 0.2) is 109 Å². The molecule has 1 heterocycles. The highest BCUT2D eigenvalue weighted by atomic mass is 16.5. The van der Waals surface area contributed by atoms with Crippen molar-refractivity contribution in [2.45, 2.75) is 44.9 Å². The predicted octanol–water partition coefficient (Wildman–Crippen LogP) is 4.34. The first kappa shape index (κ1) is 43.0. The Morgan fingerprint density at radius 2 is 1.48 bits per heavy atom. The van der Waals surface area contributed by atoms with E-state index in [-0.39, 0.29) is 28.1 Å². The van der Waals surface area contributed by atoms with E-state index in [1.165, 1.54) is 89.6 Å². The first-order valence-electron chi connectivity index (χ1n) is 19.0. The minimum atomic E-state index is -1.30. The van der Waals surface area contributed by atoms with Crippen LogP contribution in [0, 0.1) is 11.3 Å². The topological polar surface area (TPSA) is 281 Å². The van der Waals surface area contributed by atoms with Crippen molar-refractivity contribution >= 4 is 52.5 Å². The fraction of sp³-hybridized carbons (Fsp3) is 0.159. The number of aromatic hydroxyl groups is 1. The van der Waals surface area contributed by atoms with Crippen molar-refractivity contribution < 1.29 is 43.7 Å². The minimum Gasteiger partial charge on any atom is -0.504 e. The lowest BCUT2D eigenvalue weighted by Gasteiger charge is -2.22. The minimum absolute atomic E-state index is 0.0273. The summed E-state index contributed by atoms with van der Waals surface area (Å²) in [5.74, 6) is -4.78. The second-order valence-electron chi connectivity index (χ2n) is 14.1. The SMILES string of the molecule is CC(C)Oc1c(-n2cc(C3=CCC(NC(=O)[C@H](CC(N)=O)NC(=O)c4ccc(NC(=O)c5ccc(C#N)cc5)cc4)C=C3)nn2)ccc(C(=O)Nc2ccc(C(=O)O)cc2)c1O. The van der Waals surface area contributed by atoms with Crippen LogP contribution in [0.5, 0.6) is 11.5 Å². The molecular formula is C44H39N9O9. The third kappa shape index (κ3) is 10.5. The van der Waals surface area contributed by atoms with Gasteiger partial charge in [-0.25, -0.2) is 9.48 Å². The van der Waals surface area contributed by atoms with Crippen LogP contribution in [0.2, 0.25) is 0 Å². The van der Waals surface area contributed by atoms with Gasteiger partial charge in [0.05, 0.1) is 47.5 Å². The fourth-order valence-corrected chi connectivity index (χ4v) is 6.14. The van der Waals surface area contributed by atoms with E-state index < -0.39 is 65.9 Å². The third-order valence-electron chi connectivity index (χ3n) is 9.27. The van der Waals surface area contributed by atoms with Crippen molar-refractivity contribution in [1.29, 1.82) is 5.26 Å². The molecule has 5 aromatic rings. The quantitative estimate of drug-likeness (QED) is 0.0776. The number of anilines is 2. The molecule has 4 aromatic carbocycles. The molecule has 1 unspecified atom stereocenters. The van der Waals surface area contributed by atoms with Crippen LogP contribution in [-0.4, -0.2) is 78.9 Å². The number of carbonyl (C=O) groups is 6. The van der Waals surface area contributed by atoms with Gasteiger partial charge in [-0.05, 0) is 111 Å². The van der Waals surface area contributed by atoms with Crippen LogP contribution >= 0.6 is 0 Å². The fourth-order valence-electron chi connectivity index (χ4n) is 6.14. The molecule has 6 rings (SSSR count). The number of amides is 5. The number of nitriles is 1. The molecule has 0 spiro atoms. The number of primary amides is 1. The summed E-state index contributed by atoms with van der Waals surface area (Å²) in [6.45, 7) is 3.49. The van der Waals surface area contributed by atoms with E-state index in [2.05, 4.69) is 31.6 Å². The number of rotatable bonds is 15. The van der Waals surface area contributed by atoms with Gasteiger partial charge in [-0.15, -0.1) is 5.10 Å². The van der Waals surface area contributed by atoms with Crippen LogP contribution in [0.3, 0.4) is 0 Å². The van der Waals surface area contributed by atoms with Crippen molar-refractivity contribution in [3.63, 3.8) is 0 Å². The number of benzene rings is 4. The lowest BCUT2D eigenvalue weighted by Crippen LogP contribution is -2.50. The summed E-state index contributed by atoms with van der Waals surface area (Å²) in [6.07, 6.45) is 6.25. The molecule has 62 heavy (non-hydrogen) atoms. The summed E-state index contributed by atoms with van der Waals surface area (Å²) in [7, 11) is 0. The number of phenolic OH excluding ortho intramolecular Hbond substituents is 1. The van der Waals surface area contributed by atoms with Crippen molar-refractivity contribution in [2.75, 3.05) is 10.6 Å². The lowest BCUT2D eigenvalue weighted by atomic mass is 10.0. The third-order valence-corrected chi connectivity index (χ3v) is 9.27. The predicted molar refractivity (Wildman–Crippen MR) is 224 cm³/mol. The Morgan fingerprint density at radius 1 is 0.871 bits per heavy atom. The summed E-state index contributed by atoms with van der Waals surface area (Å²) in [6, 6.07) is 20.6. The first-order chi connectivity index (χ1) is 29.7. The zero-order chi connectivity index (χ0) is 44.5. The van der Waals surface area contributed by atoms with Gasteiger partial charge in [-0.2, -0.15) is 5.26 Å². The van der Waals surface area contributed by atoms with E-state index in [9.17, 15) is 33.9 Å². The standard InChI is InChI=1S/C44H39N9O9/c1-24(2)62-39-36(20-19-33(38(39)55)42(58)48-31-17-11-29(12-18-31)44(60)61)53-23-35(51-52-53)26-7-13-32(14-8-26)49-43(59)34(21-37(46)54)50-41(57)28-9-15-30(16-10-28)47-40(56)27-5-3-25(22-45)4-6-27/h3-13,15-20,23-24,32,34,55H,14,21H2,1-2H3,(H2,46,54)(H,47,56)(H,48,58)(H,49,59)(H,50,57)(H,60,61)/t32?,34-/m0/s1. The smallest absolute Gasteiger partial charge is 0.335 e. The van der Waals surface area contributed by atoms with Gasteiger partial charge in [-0.3, -0.25) is 24.0 Å². The summed E-state index contributed by atoms with van der Waals surface area (Å²) < 4.78 is 7.29. The Balaban J connectivity index is 1.07. The van der Waals surface area contributed by atoms with Gasteiger partial charge in [0.15, 0.2) is 11.5 Å². The first-order valence-corrected chi connectivity index (χ1v) is 19.0. The van der Waals surface area contributed by atoms with Crippen LogP contribution < -0.4 is 31.7 Å². The molecule has 2 atom stereocenters. The van der Waals surface area contributed by atoms with Crippen molar-refractivity contribution in [1.82, 2.24) is 25.6 Å². The molecule has 18 heteroatoms. The summed E-state index contributed by atoms with van der Waals surface area (Å²) >= 11 is 0. The van der Waals surface area contributed by atoms with Crippen LogP contribution in [0.25, 0.3) is 11.3 Å². The highest BCUT2D eigenvalue weighted by Gasteiger charge is 2.27. The highest BCUT2D eigenvalue weighted by molar-refractivity contribution is 6.07. The number of hydrogen-bond donors (Lipinski definition) is 7. The normalized spacial score (nSPS) is 13.5. The van der Waals surface area contributed by atoms with Crippen molar-refractivity contribution in [3.05, 3.63) is 143 Å². The highest BCUT2D eigenvalue weighted by Crippen LogP contribution is 2.38. The molecule has 0 saturated carbocycles.